The molecule has 2 saturated heterocycles. The molecule has 6 nitrogen and oxygen atoms in total. The molecule has 3 rings (SSSR count). The first kappa shape index (κ1) is 18.4. The zero-order valence-electron chi connectivity index (χ0n) is 14.7. The fourth-order valence-corrected chi connectivity index (χ4v) is 4.73. The molecule has 2 heterocycles. The zero-order valence-corrected chi connectivity index (χ0v) is 15.5. The minimum absolute atomic E-state index is 0.0261. The summed E-state index contributed by atoms with van der Waals surface area (Å²) in [5.74, 6) is 0.847. The van der Waals surface area contributed by atoms with E-state index in [2.05, 4.69) is 22.5 Å². The highest BCUT2D eigenvalue weighted by molar-refractivity contribution is 7.91. The lowest BCUT2D eigenvalue weighted by molar-refractivity contribution is 0.0914. The molecule has 1 amide bonds. The fourth-order valence-electron chi connectivity index (χ4n) is 3.46. The van der Waals surface area contributed by atoms with Crippen LogP contribution in [0.15, 0.2) is 24.3 Å². The molecule has 25 heavy (non-hydrogen) atoms. The van der Waals surface area contributed by atoms with Crippen LogP contribution in [0.1, 0.15) is 29.3 Å². The Morgan fingerprint density at radius 3 is 2.80 bits per heavy atom. The summed E-state index contributed by atoms with van der Waals surface area (Å²) in [6.45, 7) is 5.82. The van der Waals surface area contributed by atoms with Crippen LogP contribution in [0.2, 0.25) is 0 Å². The number of rotatable bonds is 4. The van der Waals surface area contributed by atoms with Crippen molar-refractivity contribution in [1.82, 2.24) is 15.5 Å². The van der Waals surface area contributed by atoms with E-state index < -0.39 is 9.84 Å². The molecule has 0 aliphatic carbocycles. The van der Waals surface area contributed by atoms with Crippen molar-refractivity contribution in [2.24, 2.45) is 5.92 Å². The van der Waals surface area contributed by atoms with Crippen LogP contribution in [0.4, 0.5) is 0 Å². The molecule has 7 heteroatoms. The van der Waals surface area contributed by atoms with Gasteiger partial charge in [-0.3, -0.25) is 9.69 Å². The average Bonchev–Trinajstić information content (AvgIpc) is 2.59. The monoisotopic (exact) mass is 365 g/mol. The van der Waals surface area contributed by atoms with Crippen molar-refractivity contribution in [3.63, 3.8) is 0 Å². The highest BCUT2D eigenvalue weighted by Crippen LogP contribution is 2.14. The van der Waals surface area contributed by atoms with Gasteiger partial charge in [0.15, 0.2) is 9.84 Å². The molecule has 2 unspecified atom stereocenters. The maximum atomic E-state index is 12.6. The molecule has 1 aromatic carbocycles. The van der Waals surface area contributed by atoms with E-state index >= 15 is 0 Å². The molecule has 0 saturated carbocycles. The second-order valence-corrected chi connectivity index (χ2v) is 9.48. The summed E-state index contributed by atoms with van der Waals surface area (Å²) in [4.78, 5) is 14.7. The first-order chi connectivity index (χ1) is 11.9. The van der Waals surface area contributed by atoms with Gasteiger partial charge in [0.05, 0.1) is 11.5 Å². The van der Waals surface area contributed by atoms with E-state index in [4.69, 9.17) is 0 Å². The Bertz CT molecular complexity index is 706. The molecule has 1 aromatic rings. The molecule has 0 bridgehead atoms. The Labute approximate surface area is 149 Å². The fraction of sp³-hybridized carbons (Fsp3) is 0.611. The number of hydrogen-bond donors (Lipinski definition) is 2. The summed E-state index contributed by atoms with van der Waals surface area (Å²) >= 11 is 0. The third-order valence-electron chi connectivity index (χ3n) is 5.13. The lowest BCUT2D eigenvalue weighted by Gasteiger charge is -2.30. The first-order valence-corrected chi connectivity index (χ1v) is 10.8. The van der Waals surface area contributed by atoms with E-state index in [1.165, 1.54) is 0 Å². The third-order valence-corrected chi connectivity index (χ3v) is 6.74. The van der Waals surface area contributed by atoms with Crippen LogP contribution < -0.4 is 10.6 Å². The topological polar surface area (TPSA) is 78.5 Å². The lowest BCUT2D eigenvalue weighted by Crippen LogP contribution is -2.48. The van der Waals surface area contributed by atoms with Gasteiger partial charge in [-0.1, -0.05) is 19.1 Å². The van der Waals surface area contributed by atoms with Crippen molar-refractivity contribution in [3.05, 3.63) is 35.4 Å². The molecule has 138 valence electrons. The van der Waals surface area contributed by atoms with Gasteiger partial charge in [0, 0.05) is 31.2 Å². The number of hydrogen-bond acceptors (Lipinski definition) is 5. The van der Waals surface area contributed by atoms with E-state index in [0.29, 0.717) is 31.1 Å². The summed E-state index contributed by atoms with van der Waals surface area (Å²) in [6, 6.07) is 7.86. The third kappa shape index (κ3) is 5.03. The van der Waals surface area contributed by atoms with Crippen LogP contribution in [0.25, 0.3) is 0 Å². The van der Waals surface area contributed by atoms with Crippen LogP contribution in [-0.2, 0) is 16.4 Å². The lowest BCUT2D eigenvalue weighted by atomic mass is 9.95. The Hall–Kier alpha value is -1.44. The molecular formula is C18H27N3O3S. The first-order valence-electron chi connectivity index (χ1n) is 8.96. The molecule has 2 fully saturated rings. The summed E-state index contributed by atoms with van der Waals surface area (Å²) < 4.78 is 23.0. The predicted molar refractivity (Wildman–Crippen MR) is 98.3 cm³/mol. The molecule has 2 atom stereocenters. The van der Waals surface area contributed by atoms with Crippen molar-refractivity contribution in [2.75, 3.05) is 37.7 Å². The summed E-state index contributed by atoms with van der Waals surface area (Å²) in [7, 11) is -2.86. The van der Waals surface area contributed by atoms with E-state index in [1.54, 1.807) is 0 Å². The smallest absolute Gasteiger partial charge is 0.251 e. The quantitative estimate of drug-likeness (QED) is 0.819. The number of carbonyl (C=O) groups excluding carboxylic acids is 1. The highest BCUT2D eigenvalue weighted by Gasteiger charge is 2.24. The number of carbonyl (C=O) groups is 1. The Morgan fingerprint density at radius 1 is 1.32 bits per heavy atom. The van der Waals surface area contributed by atoms with Gasteiger partial charge < -0.3 is 10.6 Å². The van der Waals surface area contributed by atoms with Gasteiger partial charge in [-0.05, 0) is 43.1 Å². The maximum absolute atomic E-state index is 12.6. The van der Waals surface area contributed by atoms with Crippen LogP contribution >= 0.6 is 0 Å². The minimum atomic E-state index is -2.86. The predicted octanol–water partition coefficient (Wildman–Crippen LogP) is 0.645. The second kappa shape index (κ2) is 7.85. The van der Waals surface area contributed by atoms with Gasteiger partial charge >= 0.3 is 0 Å². The van der Waals surface area contributed by atoms with Gasteiger partial charge in [-0.15, -0.1) is 0 Å². The molecular weight excluding hydrogens is 338 g/mol. The number of amides is 1. The summed E-state index contributed by atoms with van der Waals surface area (Å²) in [5, 5.41) is 6.49. The summed E-state index contributed by atoms with van der Waals surface area (Å²) in [6.07, 6.45) is 0.953. The van der Waals surface area contributed by atoms with E-state index in [9.17, 15) is 13.2 Å². The Morgan fingerprint density at radius 2 is 2.08 bits per heavy atom. The number of benzene rings is 1. The molecule has 0 spiro atoms. The average molecular weight is 365 g/mol. The van der Waals surface area contributed by atoms with Gasteiger partial charge in [0.1, 0.15) is 0 Å². The van der Waals surface area contributed by atoms with Crippen LogP contribution in [0.3, 0.4) is 0 Å². The van der Waals surface area contributed by atoms with Crippen molar-refractivity contribution < 1.29 is 13.2 Å². The van der Waals surface area contributed by atoms with E-state index in [-0.39, 0.29) is 23.5 Å². The van der Waals surface area contributed by atoms with Crippen molar-refractivity contribution in [3.8, 4) is 0 Å². The zero-order chi connectivity index (χ0) is 17.9. The Balaban J connectivity index is 1.60. The molecule has 2 aliphatic rings. The van der Waals surface area contributed by atoms with Crippen LogP contribution in [0, 0.1) is 5.92 Å². The maximum Gasteiger partial charge on any atom is 0.251 e. The Kier molecular flexibility index (Phi) is 5.76. The summed E-state index contributed by atoms with van der Waals surface area (Å²) in [5.41, 5.74) is 1.72. The standard InChI is InChI=1S/C18H27N3O3S/c1-14-12-19-6-5-17(14)20-18(22)16-4-2-3-15(11-16)13-21-7-9-25(23,24)10-8-21/h2-4,11,14,17,19H,5-10,12-13H2,1H3,(H,20,22). The number of sulfone groups is 1. The number of nitrogens with zero attached hydrogens (tertiary/aromatic N) is 1. The van der Waals surface area contributed by atoms with Crippen molar-refractivity contribution in [1.29, 1.82) is 0 Å². The molecule has 0 radical (unpaired) electrons. The van der Waals surface area contributed by atoms with Crippen molar-refractivity contribution in [2.45, 2.75) is 25.9 Å². The normalized spacial score (nSPS) is 26.9. The van der Waals surface area contributed by atoms with E-state index in [0.717, 1.165) is 25.1 Å². The highest BCUT2D eigenvalue weighted by atomic mass is 32.2. The molecule has 0 aromatic heterocycles. The molecule has 2 N–H and O–H groups in total. The second-order valence-electron chi connectivity index (χ2n) is 7.18. The molecule has 2 aliphatic heterocycles. The van der Waals surface area contributed by atoms with Gasteiger partial charge in [-0.25, -0.2) is 8.42 Å². The minimum Gasteiger partial charge on any atom is -0.349 e. The largest absolute Gasteiger partial charge is 0.349 e. The van der Waals surface area contributed by atoms with Crippen LogP contribution in [-0.4, -0.2) is 63.0 Å². The van der Waals surface area contributed by atoms with Gasteiger partial charge in [-0.2, -0.15) is 0 Å². The van der Waals surface area contributed by atoms with Gasteiger partial charge in [0.2, 0.25) is 0 Å². The van der Waals surface area contributed by atoms with E-state index in [1.807, 2.05) is 24.3 Å². The van der Waals surface area contributed by atoms with Crippen molar-refractivity contribution >= 4 is 15.7 Å². The SMILES string of the molecule is CC1CNCCC1NC(=O)c1cccc(CN2CCS(=O)(=O)CC2)c1. The van der Waals surface area contributed by atoms with Gasteiger partial charge in [0.25, 0.3) is 5.91 Å². The number of nitrogens with one attached hydrogen (secondary N) is 2. The van der Waals surface area contributed by atoms with Crippen LogP contribution in [0.5, 0.6) is 0 Å². The number of piperidine rings is 1.